The number of rotatable bonds is 3. The molecule has 19 heavy (non-hydrogen) atoms. The van der Waals surface area contributed by atoms with Gasteiger partial charge in [0.15, 0.2) is 0 Å². The van der Waals surface area contributed by atoms with Gasteiger partial charge in [-0.3, -0.25) is 9.88 Å². The van der Waals surface area contributed by atoms with Gasteiger partial charge < -0.3 is 5.73 Å². The van der Waals surface area contributed by atoms with Gasteiger partial charge in [-0.15, -0.1) is 0 Å². The molecule has 0 fully saturated rings. The highest BCUT2D eigenvalue weighted by Crippen LogP contribution is 2.24. The molecular weight excluding hydrogens is 234 g/mol. The van der Waals surface area contributed by atoms with E-state index in [1.54, 1.807) is 0 Å². The molecule has 2 aromatic rings. The highest BCUT2D eigenvalue weighted by Gasteiger charge is 2.24. The molecule has 0 bridgehead atoms. The molecule has 0 spiro atoms. The van der Waals surface area contributed by atoms with Crippen molar-refractivity contribution in [2.75, 3.05) is 6.54 Å². The summed E-state index contributed by atoms with van der Waals surface area (Å²) in [6.07, 6.45) is 4.80. The van der Waals surface area contributed by atoms with Gasteiger partial charge in [0, 0.05) is 38.1 Å². The van der Waals surface area contributed by atoms with Gasteiger partial charge >= 0.3 is 0 Å². The molecule has 0 radical (unpaired) electrons. The molecule has 1 atom stereocenters. The van der Waals surface area contributed by atoms with E-state index in [4.69, 9.17) is 5.73 Å². The lowest BCUT2D eigenvalue weighted by Crippen LogP contribution is -2.44. The van der Waals surface area contributed by atoms with Crippen LogP contribution >= 0.6 is 0 Å². The summed E-state index contributed by atoms with van der Waals surface area (Å²) in [4.78, 5) is 6.65. The molecule has 0 aliphatic carbocycles. The average molecular weight is 253 g/mol. The Bertz CT molecular complexity index is 539. The van der Waals surface area contributed by atoms with Crippen LogP contribution in [0.3, 0.4) is 0 Å². The third-order valence-electron chi connectivity index (χ3n) is 3.84. The number of nitrogens with zero attached hydrogens (tertiary/aromatic N) is 2. The molecule has 0 saturated carbocycles. The summed E-state index contributed by atoms with van der Waals surface area (Å²) >= 11 is 0. The fourth-order valence-electron chi connectivity index (χ4n) is 2.79. The number of aromatic nitrogens is 1. The first-order valence-corrected chi connectivity index (χ1v) is 6.76. The number of benzene rings is 1. The topological polar surface area (TPSA) is 42.1 Å². The molecule has 3 nitrogen and oxygen atoms in total. The van der Waals surface area contributed by atoms with E-state index >= 15 is 0 Å². The SMILES string of the molecule is NCC1Cc2ccccc2CN1Cc1cccnc1. The summed E-state index contributed by atoms with van der Waals surface area (Å²) < 4.78 is 0. The van der Waals surface area contributed by atoms with Crippen LogP contribution in [0.1, 0.15) is 16.7 Å². The number of hydrogen-bond acceptors (Lipinski definition) is 3. The van der Waals surface area contributed by atoms with E-state index in [1.165, 1.54) is 16.7 Å². The van der Waals surface area contributed by atoms with Crippen molar-refractivity contribution in [3.63, 3.8) is 0 Å². The van der Waals surface area contributed by atoms with Crippen LogP contribution in [0.4, 0.5) is 0 Å². The fraction of sp³-hybridized carbons (Fsp3) is 0.312. The quantitative estimate of drug-likeness (QED) is 0.909. The Morgan fingerprint density at radius 2 is 2.00 bits per heavy atom. The van der Waals surface area contributed by atoms with Gasteiger partial charge in [-0.1, -0.05) is 30.3 Å². The molecule has 0 amide bonds. The summed E-state index contributed by atoms with van der Waals surface area (Å²) in [6, 6.07) is 13.2. The van der Waals surface area contributed by atoms with Crippen LogP contribution in [0.5, 0.6) is 0 Å². The van der Waals surface area contributed by atoms with E-state index in [1.807, 2.05) is 18.5 Å². The van der Waals surface area contributed by atoms with Gasteiger partial charge in [0.1, 0.15) is 0 Å². The molecule has 2 N–H and O–H groups in total. The Labute approximate surface area is 114 Å². The van der Waals surface area contributed by atoms with Gasteiger partial charge in [-0.2, -0.15) is 0 Å². The Morgan fingerprint density at radius 3 is 2.74 bits per heavy atom. The Kier molecular flexibility index (Phi) is 3.58. The van der Waals surface area contributed by atoms with E-state index in [-0.39, 0.29) is 0 Å². The predicted molar refractivity (Wildman–Crippen MR) is 76.5 cm³/mol. The van der Waals surface area contributed by atoms with Crippen LogP contribution in [0.25, 0.3) is 0 Å². The molecule has 1 aliphatic rings. The van der Waals surface area contributed by atoms with Crippen molar-refractivity contribution in [3.05, 3.63) is 65.5 Å². The van der Waals surface area contributed by atoms with Crippen LogP contribution in [-0.2, 0) is 19.5 Å². The maximum absolute atomic E-state index is 5.95. The first-order valence-electron chi connectivity index (χ1n) is 6.76. The lowest BCUT2D eigenvalue weighted by molar-refractivity contribution is 0.167. The second-order valence-electron chi connectivity index (χ2n) is 5.13. The third kappa shape index (κ3) is 2.67. The lowest BCUT2D eigenvalue weighted by Gasteiger charge is -2.36. The monoisotopic (exact) mass is 253 g/mol. The summed E-state index contributed by atoms with van der Waals surface area (Å²) in [7, 11) is 0. The summed E-state index contributed by atoms with van der Waals surface area (Å²) in [6.45, 7) is 2.60. The predicted octanol–water partition coefficient (Wildman–Crippen LogP) is 1.97. The van der Waals surface area contributed by atoms with Crippen LogP contribution in [0, 0.1) is 0 Å². The fourth-order valence-corrected chi connectivity index (χ4v) is 2.79. The van der Waals surface area contributed by atoms with Gasteiger partial charge in [0.05, 0.1) is 0 Å². The Balaban J connectivity index is 1.81. The van der Waals surface area contributed by atoms with Gasteiger partial charge in [-0.25, -0.2) is 0 Å². The summed E-state index contributed by atoms with van der Waals surface area (Å²) in [5, 5.41) is 0. The van der Waals surface area contributed by atoms with E-state index < -0.39 is 0 Å². The average Bonchev–Trinajstić information content (AvgIpc) is 2.47. The molecular formula is C16H19N3. The Hall–Kier alpha value is -1.71. The van der Waals surface area contributed by atoms with E-state index in [0.29, 0.717) is 12.6 Å². The molecule has 2 heterocycles. The molecule has 1 unspecified atom stereocenters. The minimum atomic E-state index is 0.426. The number of pyridine rings is 1. The van der Waals surface area contributed by atoms with Crippen LogP contribution < -0.4 is 5.73 Å². The standard InChI is InChI=1S/C16H19N3/c17-9-16-8-14-5-1-2-6-15(14)12-19(16)11-13-4-3-7-18-10-13/h1-7,10,16H,8-9,11-12,17H2. The van der Waals surface area contributed by atoms with Crippen molar-refractivity contribution in [3.8, 4) is 0 Å². The van der Waals surface area contributed by atoms with E-state index in [2.05, 4.69) is 40.2 Å². The molecule has 1 aliphatic heterocycles. The van der Waals surface area contributed by atoms with Gasteiger partial charge in [-0.05, 0) is 29.2 Å². The second kappa shape index (κ2) is 5.51. The largest absolute Gasteiger partial charge is 0.329 e. The first kappa shape index (κ1) is 12.3. The third-order valence-corrected chi connectivity index (χ3v) is 3.84. The van der Waals surface area contributed by atoms with Crippen molar-refractivity contribution in [1.29, 1.82) is 0 Å². The molecule has 98 valence electrons. The smallest absolute Gasteiger partial charge is 0.0312 e. The highest BCUT2D eigenvalue weighted by molar-refractivity contribution is 5.30. The highest BCUT2D eigenvalue weighted by atomic mass is 15.2. The molecule has 0 saturated heterocycles. The number of fused-ring (bicyclic) bond motifs is 1. The van der Waals surface area contributed by atoms with Crippen LogP contribution in [0.15, 0.2) is 48.8 Å². The van der Waals surface area contributed by atoms with Crippen LogP contribution in [-0.4, -0.2) is 22.5 Å². The molecule has 1 aromatic carbocycles. The van der Waals surface area contributed by atoms with Crippen molar-refractivity contribution in [2.45, 2.75) is 25.6 Å². The van der Waals surface area contributed by atoms with Crippen molar-refractivity contribution >= 4 is 0 Å². The van der Waals surface area contributed by atoms with Crippen molar-refractivity contribution in [2.24, 2.45) is 5.73 Å². The van der Waals surface area contributed by atoms with E-state index in [0.717, 1.165) is 19.5 Å². The number of hydrogen-bond donors (Lipinski definition) is 1. The maximum Gasteiger partial charge on any atom is 0.0312 e. The second-order valence-corrected chi connectivity index (χ2v) is 5.13. The molecule has 1 aromatic heterocycles. The van der Waals surface area contributed by atoms with E-state index in [9.17, 15) is 0 Å². The summed E-state index contributed by atoms with van der Waals surface area (Å²) in [5.41, 5.74) is 10.1. The van der Waals surface area contributed by atoms with Crippen LogP contribution in [0.2, 0.25) is 0 Å². The molecule has 3 heteroatoms. The van der Waals surface area contributed by atoms with Crippen molar-refractivity contribution < 1.29 is 0 Å². The minimum absolute atomic E-state index is 0.426. The zero-order valence-corrected chi connectivity index (χ0v) is 11.0. The maximum atomic E-state index is 5.95. The normalized spacial score (nSPS) is 19.1. The zero-order chi connectivity index (χ0) is 13.1. The summed E-state index contributed by atoms with van der Waals surface area (Å²) in [5.74, 6) is 0. The Morgan fingerprint density at radius 1 is 1.16 bits per heavy atom. The zero-order valence-electron chi connectivity index (χ0n) is 11.0. The molecule has 3 rings (SSSR count). The number of nitrogens with two attached hydrogens (primary N) is 1. The van der Waals surface area contributed by atoms with Gasteiger partial charge in [0.25, 0.3) is 0 Å². The first-order chi connectivity index (χ1) is 9.36. The lowest BCUT2D eigenvalue weighted by atomic mass is 9.93. The van der Waals surface area contributed by atoms with Gasteiger partial charge in [0.2, 0.25) is 0 Å². The minimum Gasteiger partial charge on any atom is -0.329 e. The van der Waals surface area contributed by atoms with Crippen molar-refractivity contribution in [1.82, 2.24) is 9.88 Å².